The molecule has 0 aliphatic carbocycles. The van der Waals surface area contributed by atoms with Crippen LogP contribution in [0.5, 0.6) is 0 Å². The zero-order chi connectivity index (χ0) is 14.5. The number of pyridine rings is 1. The highest BCUT2D eigenvalue weighted by molar-refractivity contribution is 9.10. The first-order valence-corrected chi connectivity index (χ1v) is 7.71. The minimum atomic E-state index is -0.144. The van der Waals surface area contributed by atoms with Crippen LogP contribution in [0.2, 0.25) is 0 Å². The molecular formula is C14H13BrN2O2S. The summed E-state index contributed by atoms with van der Waals surface area (Å²) in [6, 6.07) is 10.7. The topological polar surface area (TPSA) is 56.0 Å². The lowest BCUT2D eigenvalue weighted by molar-refractivity contribution is -0.645. The number of rotatable bonds is 4. The molecule has 0 atom stereocenters. The Morgan fingerprint density at radius 3 is 2.90 bits per heavy atom. The smallest absolute Gasteiger partial charge is 0.251 e. The first-order chi connectivity index (χ1) is 9.56. The number of carbonyl (C=O) groups excluding carboxylic acids is 1. The predicted molar refractivity (Wildman–Crippen MR) is 83.6 cm³/mol. The third-order valence-electron chi connectivity index (χ3n) is 2.60. The highest BCUT2D eigenvalue weighted by Crippen LogP contribution is 2.21. The molecule has 1 N–H and O–H groups in total. The lowest BCUT2D eigenvalue weighted by Gasteiger charge is -2.07. The predicted octanol–water partition coefficient (Wildman–Crippen LogP) is 3.12. The quantitative estimate of drug-likeness (QED) is 0.522. The molecule has 1 aromatic heterocycles. The Bertz CT molecular complexity index is 634. The number of carbonyl (C=O) groups is 1. The van der Waals surface area contributed by atoms with Crippen LogP contribution in [-0.2, 0) is 4.79 Å². The van der Waals surface area contributed by atoms with Gasteiger partial charge in [-0.15, -0.1) is 0 Å². The van der Waals surface area contributed by atoms with Crippen molar-refractivity contribution >= 4 is 39.3 Å². The molecule has 0 saturated carbocycles. The van der Waals surface area contributed by atoms with E-state index < -0.39 is 0 Å². The van der Waals surface area contributed by atoms with Gasteiger partial charge >= 0.3 is 0 Å². The van der Waals surface area contributed by atoms with Gasteiger partial charge in [-0.2, -0.15) is 4.73 Å². The number of thioether (sulfide) groups is 1. The second kappa shape index (κ2) is 6.76. The van der Waals surface area contributed by atoms with E-state index in [9.17, 15) is 10.0 Å². The number of hydrogen-bond donors (Lipinski definition) is 1. The molecule has 4 nitrogen and oxygen atoms in total. The number of anilines is 1. The van der Waals surface area contributed by atoms with Crippen LogP contribution in [0.25, 0.3) is 0 Å². The lowest BCUT2D eigenvalue weighted by Crippen LogP contribution is -2.28. The number of benzene rings is 1. The number of aryl methyl sites for hydroxylation is 1. The molecule has 2 rings (SSSR count). The summed E-state index contributed by atoms with van der Waals surface area (Å²) in [7, 11) is 0. The molecule has 0 aliphatic heterocycles. The second-order valence-electron chi connectivity index (χ2n) is 4.17. The van der Waals surface area contributed by atoms with E-state index in [1.807, 2.05) is 25.1 Å². The average Bonchev–Trinajstić information content (AvgIpc) is 2.42. The summed E-state index contributed by atoms with van der Waals surface area (Å²) in [5, 5.41) is 14.7. The summed E-state index contributed by atoms with van der Waals surface area (Å²) in [4.78, 5) is 11.8. The van der Waals surface area contributed by atoms with Crippen molar-refractivity contribution in [3.8, 4) is 0 Å². The van der Waals surface area contributed by atoms with E-state index in [2.05, 4.69) is 21.2 Å². The van der Waals surface area contributed by atoms with Gasteiger partial charge in [0, 0.05) is 22.3 Å². The van der Waals surface area contributed by atoms with Gasteiger partial charge in [0.25, 0.3) is 5.03 Å². The number of amides is 1. The summed E-state index contributed by atoms with van der Waals surface area (Å²) >= 11 is 4.63. The Kier molecular flexibility index (Phi) is 5.03. The summed E-state index contributed by atoms with van der Waals surface area (Å²) in [6.45, 7) is 1.98. The van der Waals surface area contributed by atoms with Crippen LogP contribution in [0.1, 0.15) is 5.56 Å². The highest BCUT2D eigenvalue weighted by Gasteiger charge is 2.09. The van der Waals surface area contributed by atoms with Crippen LogP contribution in [0.3, 0.4) is 0 Å². The van der Waals surface area contributed by atoms with Crippen molar-refractivity contribution in [3.05, 3.63) is 57.8 Å². The summed E-state index contributed by atoms with van der Waals surface area (Å²) in [6.07, 6.45) is 1.41. The number of hydrogen-bond acceptors (Lipinski definition) is 3. The summed E-state index contributed by atoms with van der Waals surface area (Å²) in [5.74, 6) is 0.0483. The Morgan fingerprint density at radius 1 is 1.40 bits per heavy atom. The molecular weight excluding hydrogens is 340 g/mol. The van der Waals surface area contributed by atoms with Crippen molar-refractivity contribution in [1.82, 2.24) is 0 Å². The van der Waals surface area contributed by atoms with E-state index in [1.54, 1.807) is 18.2 Å². The van der Waals surface area contributed by atoms with E-state index in [0.717, 1.165) is 20.5 Å². The second-order valence-corrected chi connectivity index (χ2v) is 6.02. The van der Waals surface area contributed by atoms with Gasteiger partial charge in [-0.1, -0.05) is 22.0 Å². The van der Waals surface area contributed by atoms with Crippen molar-refractivity contribution in [1.29, 1.82) is 0 Å². The molecule has 104 valence electrons. The van der Waals surface area contributed by atoms with Crippen LogP contribution in [0.4, 0.5) is 5.69 Å². The molecule has 1 aromatic carbocycles. The van der Waals surface area contributed by atoms with Gasteiger partial charge in [-0.3, -0.25) is 4.79 Å². The molecule has 0 bridgehead atoms. The number of nitrogens with one attached hydrogen (secondary N) is 1. The molecule has 6 heteroatoms. The normalized spacial score (nSPS) is 10.3. The zero-order valence-corrected chi connectivity index (χ0v) is 13.2. The van der Waals surface area contributed by atoms with Crippen LogP contribution in [-0.4, -0.2) is 11.7 Å². The highest BCUT2D eigenvalue weighted by atomic mass is 79.9. The van der Waals surface area contributed by atoms with E-state index >= 15 is 0 Å². The van der Waals surface area contributed by atoms with E-state index in [1.165, 1.54) is 18.0 Å². The fraction of sp³-hybridized carbons (Fsp3) is 0.143. The van der Waals surface area contributed by atoms with Crippen LogP contribution < -0.4 is 10.0 Å². The van der Waals surface area contributed by atoms with Crippen molar-refractivity contribution in [2.75, 3.05) is 11.1 Å². The van der Waals surface area contributed by atoms with Crippen LogP contribution in [0.15, 0.2) is 52.1 Å². The van der Waals surface area contributed by atoms with Crippen LogP contribution >= 0.6 is 27.7 Å². The maximum atomic E-state index is 11.8. The zero-order valence-electron chi connectivity index (χ0n) is 10.8. The average molecular weight is 353 g/mol. The molecule has 0 fully saturated rings. The monoisotopic (exact) mass is 352 g/mol. The van der Waals surface area contributed by atoms with Gasteiger partial charge in [0.05, 0.1) is 5.75 Å². The Labute approximate surface area is 129 Å². The molecule has 0 spiro atoms. The van der Waals surface area contributed by atoms with Gasteiger partial charge in [-0.25, -0.2) is 0 Å². The van der Waals surface area contributed by atoms with Gasteiger partial charge in [-0.05, 0) is 42.4 Å². The maximum Gasteiger partial charge on any atom is 0.251 e. The fourth-order valence-electron chi connectivity index (χ4n) is 1.53. The molecule has 2 aromatic rings. The molecule has 1 amide bonds. The Hall–Kier alpha value is -1.53. The molecule has 1 heterocycles. The molecule has 0 saturated heterocycles. The standard InChI is InChI=1S/C14H13BrN2O2S/c1-10-5-6-11(8-12(10)15)16-13(18)9-20-14-4-2-3-7-17(14)19/h2-8H,9H2,1H3,(H,16,18). The van der Waals surface area contributed by atoms with Gasteiger partial charge in [0.2, 0.25) is 5.91 Å². The van der Waals surface area contributed by atoms with Crippen molar-refractivity contribution in [2.45, 2.75) is 11.9 Å². The summed E-state index contributed by atoms with van der Waals surface area (Å²) in [5.41, 5.74) is 1.84. The largest absolute Gasteiger partial charge is 0.618 e. The van der Waals surface area contributed by atoms with Crippen molar-refractivity contribution in [2.24, 2.45) is 0 Å². The van der Waals surface area contributed by atoms with Gasteiger partial charge < -0.3 is 10.5 Å². The van der Waals surface area contributed by atoms with Gasteiger partial charge in [0.15, 0.2) is 6.20 Å². The first kappa shape index (κ1) is 14.9. The number of aromatic nitrogens is 1. The Morgan fingerprint density at radius 2 is 2.20 bits per heavy atom. The maximum absolute atomic E-state index is 11.8. The third-order valence-corrected chi connectivity index (χ3v) is 4.47. The van der Waals surface area contributed by atoms with E-state index in [0.29, 0.717) is 5.03 Å². The first-order valence-electron chi connectivity index (χ1n) is 5.93. The minimum Gasteiger partial charge on any atom is -0.618 e. The van der Waals surface area contributed by atoms with Crippen molar-refractivity contribution in [3.63, 3.8) is 0 Å². The Balaban J connectivity index is 1.93. The van der Waals surface area contributed by atoms with Gasteiger partial charge in [0.1, 0.15) is 0 Å². The van der Waals surface area contributed by atoms with E-state index in [4.69, 9.17) is 0 Å². The third kappa shape index (κ3) is 3.98. The molecule has 0 aliphatic rings. The molecule has 0 unspecified atom stereocenters. The fourth-order valence-corrected chi connectivity index (χ4v) is 2.62. The minimum absolute atomic E-state index is 0.144. The van der Waals surface area contributed by atoms with E-state index in [-0.39, 0.29) is 11.7 Å². The lowest BCUT2D eigenvalue weighted by atomic mass is 10.2. The number of halogens is 1. The molecule has 20 heavy (non-hydrogen) atoms. The molecule has 0 radical (unpaired) electrons. The SMILES string of the molecule is Cc1ccc(NC(=O)CSc2cccc[n+]2[O-])cc1Br. The number of nitrogens with zero attached hydrogens (tertiary/aromatic N) is 1. The summed E-state index contributed by atoms with van der Waals surface area (Å²) < 4.78 is 1.70. The van der Waals surface area contributed by atoms with Crippen LogP contribution in [0, 0.1) is 12.1 Å². The van der Waals surface area contributed by atoms with Crippen molar-refractivity contribution < 1.29 is 9.52 Å².